The molecule has 134 valence electrons. The van der Waals surface area contributed by atoms with Crippen LogP contribution in [0, 0.1) is 13.8 Å². The fraction of sp³-hybridized carbons (Fsp3) is 0.125. The number of ether oxygens (including phenoxy) is 1. The molecule has 2 nitrogen and oxygen atoms in total. The highest BCUT2D eigenvalue weighted by Crippen LogP contribution is 2.26. The van der Waals surface area contributed by atoms with E-state index in [1.807, 2.05) is 30.3 Å². The van der Waals surface area contributed by atoms with Crippen LogP contribution in [0.25, 0.3) is 22.4 Å². The van der Waals surface area contributed by atoms with Crippen LogP contribution in [0.3, 0.4) is 0 Å². The summed E-state index contributed by atoms with van der Waals surface area (Å²) in [7, 11) is 0. The van der Waals surface area contributed by atoms with Gasteiger partial charge in [-0.25, -0.2) is 4.98 Å². The highest BCUT2D eigenvalue weighted by molar-refractivity contribution is 7.19. The van der Waals surface area contributed by atoms with Gasteiger partial charge in [-0.2, -0.15) is 0 Å². The second-order valence-electron chi connectivity index (χ2n) is 6.64. The molecule has 0 atom stereocenters. The summed E-state index contributed by atoms with van der Waals surface area (Å²) in [6.45, 7) is 4.85. The first-order valence-electron chi connectivity index (χ1n) is 9.00. The van der Waals surface area contributed by atoms with Crippen LogP contribution in [-0.2, 0) is 6.61 Å². The molecule has 0 saturated heterocycles. The van der Waals surface area contributed by atoms with E-state index in [2.05, 4.69) is 62.4 Å². The van der Waals surface area contributed by atoms with Gasteiger partial charge in [0.05, 0.1) is 10.2 Å². The topological polar surface area (TPSA) is 22.1 Å². The monoisotopic (exact) mass is 371 g/mol. The highest BCUT2D eigenvalue weighted by atomic mass is 32.1. The van der Waals surface area contributed by atoms with Crippen molar-refractivity contribution in [2.45, 2.75) is 20.5 Å². The minimum atomic E-state index is 0.574. The molecule has 1 aromatic heterocycles. The summed E-state index contributed by atoms with van der Waals surface area (Å²) in [6, 6.07) is 22.7. The van der Waals surface area contributed by atoms with Crippen molar-refractivity contribution in [1.82, 2.24) is 4.98 Å². The summed E-state index contributed by atoms with van der Waals surface area (Å²) >= 11 is 1.72. The van der Waals surface area contributed by atoms with Gasteiger partial charge in [0.2, 0.25) is 0 Å². The van der Waals surface area contributed by atoms with Crippen molar-refractivity contribution in [3.8, 4) is 5.75 Å². The number of thiazole rings is 1. The molecule has 4 rings (SSSR count). The van der Waals surface area contributed by atoms with Crippen LogP contribution >= 0.6 is 11.3 Å². The van der Waals surface area contributed by atoms with Crippen LogP contribution in [0.1, 0.15) is 27.3 Å². The maximum atomic E-state index is 5.91. The summed E-state index contributed by atoms with van der Waals surface area (Å²) in [6.07, 6.45) is 4.17. The summed E-state index contributed by atoms with van der Waals surface area (Å²) in [4.78, 5) is 4.73. The molecule has 0 amide bonds. The zero-order chi connectivity index (χ0) is 18.6. The third kappa shape index (κ3) is 4.26. The average molecular weight is 372 g/mol. The first-order valence-corrected chi connectivity index (χ1v) is 9.82. The average Bonchev–Trinajstić information content (AvgIpc) is 3.08. The van der Waals surface area contributed by atoms with E-state index in [1.165, 1.54) is 21.4 Å². The lowest BCUT2D eigenvalue weighted by molar-refractivity contribution is 0.306. The number of aromatic nitrogens is 1. The van der Waals surface area contributed by atoms with E-state index < -0.39 is 0 Å². The molecular weight excluding hydrogens is 350 g/mol. The largest absolute Gasteiger partial charge is 0.489 e. The molecule has 27 heavy (non-hydrogen) atoms. The summed E-state index contributed by atoms with van der Waals surface area (Å²) in [5.41, 5.74) is 5.94. The third-order valence-electron chi connectivity index (χ3n) is 4.55. The van der Waals surface area contributed by atoms with Gasteiger partial charge >= 0.3 is 0 Å². The van der Waals surface area contributed by atoms with Crippen molar-refractivity contribution < 1.29 is 4.74 Å². The summed E-state index contributed by atoms with van der Waals surface area (Å²) < 4.78 is 7.15. The summed E-state index contributed by atoms with van der Waals surface area (Å²) in [5.74, 6) is 0.872. The molecule has 0 spiro atoms. The molecule has 0 N–H and O–H groups in total. The predicted molar refractivity (Wildman–Crippen MR) is 115 cm³/mol. The van der Waals surface area contributed by atoms with E-state index in [0.717, 1.165) is 21.8 Å². The molecule has 0 fully saturated rings. The normalized spacial score (nSPS) is 11.3. The molecule has 4 aromatic rings. The molecule has 0 unspecified atom stereocenters. The van der Waals surface area contributed by atoms with E-state index in [4.69, 9.17) is 9.72 Å². The quantitative estimate of drug-likeness (QED) is 0.391. The summed E-state index contributed by atoms with van der Waals surface area (Å²) in [5, 5.41) is 1.02. The second kappa shape index (κ2) is 7.77. The van der Waals surface area contributed by atoms with Crippen LogP contribution in [0.2, 0.25) is 0 Å². The van der Waals surface area contributed by atoms with Crippen molar-refractivity contribution in [2.75, 3.05) is 0 Å². The predicted octanol–water partition coefficient (Wildman–Crippen LogP) is 6.66. The van der Waals surface area contributed by atoms with Crippen molar-refractivity contribution >= 4 is 33.7 Å². The van der Waals surface area contributed by atoms with Crippen LogP contribution in [-0.4, -0.2) is 4.98 Å². The Bertz CT molecular complexity index is 1060. The molecule has 0 radical (unpaired) electrons. The first kappa shape index (κ1) is 17.5. The smallest absolute Gasteiger partial charge is 0.120 e. The fourth-order valence-corrected chi connectivity index (χ4v) is 3.84. The molecule has 3 heteroatoms. The minimum absolute atomic E-state index is 0.574. The van der Waals surface area contributed by atoms with Crippen LogP contribution in [0.5, 0.6) is 5.75 Å². The maximum absolute atomic E-state index is 5.91. The Kier molecular flexibility index (Phi) is 5.03. The van der Waals surface area contributed by atoms with Gasteiger partial charge in [0.1, 0.15) is 17.4 Å². The molecule has 0 aliphatic carbocycles. The van der Waals surface area contributed by atoms with Crippen LogP contribution < -0.4 is 4.74 Å². The van der Waals surface area contributed by atoms with Gasteiger partial charge < -0.3 is 4.74 Å². The van der Waals surface area contributed by atoms with Gasteiger partial charge in [-0.05, 0) is 66.4 Å². The van der Waals surface area contributed by atoms with E-state index in [9.17, 15) is 0 Å². The second-order valence-corrected chi connectivity index (χ2v) is 7.70. The lowest BCUT2D eigenvalue weighted by atomic mass is 10.1. The van der Waals surface area contributed by atoms with E-state index in [1.54, 1.807) is 11.3 Å². The number of nitrogens with zero attached hydrogens (tertiary/aromatic N) is 1. The Morgan fingerprint density at radius 1 is 0.889 bits per heavy atom. The van der Waals surface area contributed by atoms with Gasteiger partial charge in [-0.3, -0.25) is 0 Å². The Balaban J connectivity index is 1.49. The fourth-order valence-electron chi connectivity index (χ4n) is 2.89. The zero-order valence-corrected chi connectivity index (χ0v) is 16.3. The van der Waals surface area contributed by atoms with Gasteiger partial charge in [0.15, 0.2) is 0 Å². The number of benzene rings is 3. The Morgan fingerprint density at radius 2 is 1.70 bits per heavy atom. The van der Waals surface area contributed by atoms with Crippen molar-refractivity contribution in [3.05, 3.63) is 94.0 Å². The Labute approximate surface area is 163 Å². The van der Waals surface area contributed by atoms with Crippen molar-refractivity contribution in [3.63, 3.8) is 0 Å². The van der Waals surface area contributed by atoms with Gasteiger partial charge in [0.25, 0.3) is 0 Å². The molecular formula is C24H21NOS. The standard InChI is InChI=1S/C24H21NOS/c1-17-13-22-23(14-18(17)2)27-24(25-22)12-11-19-9-6-10-21(15-19)26-16-20-7-4-3-5-8-20/h3-15H,16H2,1-2H3. The van der Waals surface area contributed by atoms with E-state index in [0.29, 0.717) is 6.61 Å². The van der Waals surface area contributed by atoms with Crippen LogP contribution in [0.4, 0.5) is 0 Å². The first-order chi connectivity index (χ1) is 13.2. The minimum Gasteiger partial charge on any atom is -0.489 e. The van der Waals surface area contributed by atoms with Gasteiger partial charge in [-0.15, -0.1) is 11.3 Å². The Morgan fingerprint density at radius 3 is 2.56 bits per heavy atom. The molecule has 1 heterocycles. The van der Waals surface area contributed by atoms with E-state index >= 15 is 0 Å². The number of fused-ring (bicyclic) bond motifs is 1. The lowest BCUT2D eigenvalue weighted by Crippen LogP contribution is -1.94. The number of aryl methyl sites for hydroxylation is 2. The number of hydrogen-bond acceptors (Lipinski definition) is 3. The number of rotatable bonds is 5. The van der Waals surface area contributed by atoms with Crippen molar-refractivity contribution in [2.24, 2.45) is 0 Å². The molecule has 0 saturated carbocycles. The molecule has 3 aromatic carbocycles. The molecule has 0 aliphatic rings. The highest BCUT2D eigenvalue weighted by Gasteiger charge is 2.04. The SMILES string of the molecule is Cc1cc2nc(C=Cc3cccc(OCc4ccccc4)c3)sc2cc1C. The van der Waals surface area contributed by atoms with Gasteiger partial charge in [0, 0.05) is 0 Å². The van der Waals surface area contributed by atoms with Crippen LogP contribution in [0.15, 0.2) is 66.7 Å². The van der Waals surface area contributed by atoms with E-state index in [-0.39, 0.29) is 0 Å². The third-order valence-corrected chi connectivity index (χ3v) is 5.53. The Hall–Kier alpha value is -2.91. The van der Waals surface area contributed by atoms with Crippen molar-refractivity contribution in [1.29, 1.82) is 0 Å². The number of hydrogen-bond donors (Lipinski definition) is 0. The maximum Gasteiger partial charge on any atom is 0.120 e. The molecule has 0 aliphatic heterocycles. The zero-order valence-electron chi connectivity index (χ0n) is 15.5. The van der Waals surface area contributed by atoms with Gasteiger partial charge in [-0.1, -0.05) is 48.5 Å². The molecule has 0 bridgehead atoms. The lowest BCUT2D eigenvalue weighted by Gasteiger charge is -2.06.